The van der Waals surface area contributed by atoms with Crippen LogP contribution in [0, 0.1) is 11.3 Å². The summed E-state index contributed by atoms with van der Waals surface area (Å²) in [5, 5.41) is 7.46. The molecule has 2 aromatic heterocycles. The van der Waals surface area contributed by atoms with Crippen LogP contribution in [0.2, 0.25) is 5.02 Å². The van der Waals surface area contributed by atoms with E-state index in [1.807, 2.05) is 4.68 Å². The zero-order chi connectivity index (χ0) is 33.9. The fraction of sp³-hybridized carbons (Fsp3) is 0.441. The van der Waals surface area contributed by atoms with Crippen LogP contribution in [0.4, 0.5) is 13.2 Å². The number of nitrogens with one attached hydrogen (secondary N) is 1. The standard InChI is InChI=1S/C34H35ClF3N5O5/c35-24-8-6-22(7-9-24)16-27(41-31(45)30-18-28(44)26-17-25(48-34(36,37)38)10-11-29(26)47-30)32(46)42-14-12-33(13-15-42,19-43-21-39-20-40-43)23-4-2-1-3-5-23/h6-11,17-18,20-21,23,27H,1-5,12-16,19H2,(H,41,45)/t27-/m1/s1. The van der Waals surface area contributed by atoms with Gasteiger partial charge in [-0.15, -0.1) is 13.2 Å². The number of piperidine rings is 1. The van der Waals surface area contributed by atoms with Crippen LogP contribution in [0.15, 0.2) is 70.4 Å². The molecule has 2 amide bonds. The number of halogens is 4. The van der Waals surface area contributed by atoms with Crippen molar-refractivity contribution in [2.75, 3.05) is 13.1 Å². The van der Waals surface area contributed by atoms with Crippen molar-refractivity contribution < 1.29 is 31.9 Å². The first-order valence-corrected chi connectivity index (χ1v) is 16.4. The highest BCUT2D eigenvalue weighted by Gasteiger charge is 2.44. The van der Waals surface area contributed by atoms with Crippen molar-refractivity contribution in [3.63, 3.8) is 0 Å². The van der Waals surface area contributed by atoms with E-state index in [0.29, 0.717) is 24.0 Å². The summed E-state index contributed by atoms with van der Waals surface area (Å²) in [6, 6.07) is 9.84. The third-order valence-electron chi connectivity index (χ3n) is 9.60. The third kappa shape index (κ3) is 7.83. The van der Waals surface area contributed by atoms with E-state index < -0.39 is 29.5 Å². The number of amides is 2. The zero-order valence-corrected chi connectivity index (χ0v) is 26.8. The monoisotopic (exact) mass is 685 g/mol. The van der Waals surface area contributed by atoms with Gasteiger partial charge in [0.05, 0.1) is 5.39 Å². The smallest absolute Gasteiger partial charge is 0.451 e. The molecular weight excluding hydrogens is 651 g/mol. The molecule has 2 aromatic carbocycles. The van der Waals surface area contributed by atoms with Crippen molar-refractivity contribution in [3.05, 3.63) is 87.8 Å². The van der Waals surface area contributed by atoms with Crippen LogP contribution in [0.5, 0.6) is 5.75 Å². The van der Waals surface area contributed by atoms with E-state index in [1.54, 1.807) is 35.5 Å². The lowest BCUT2D eigenvalue weighted by Crippen LogP contribution is -2.54. The predicted octanol–water partition coefficient (Wildman–Crippen LogP) is 6.17. The van der Waals surface area contributed by atoms with Crippen molar-refractivity contribution in [2.45, 2.75) is 70.3 Å². The number of fused-ring (bicyclic) bond motifs is 1. The number of aromatic nitrogens is 3. The summed E-state index contributed by atoms with van der Waals surface area (Å²) in [4.78, 5) is 46.4. The third-order valence-corrected chi connectivity index (χ3v) is 9.85. The fourth-order valence-corrected chi connectivity index (χ4v) is 7.30. The first-order chi connectivity index (χ1) is 23.0. The fourth-order valence-electron chi connectivity index (χ4n) is 7.17. The molecule has 0 spiro atoms. The Morgan fingerprint density at radius 3 is 2.46 bits per heavy atom. The molecule has 1 atom stereocenters. The van der Waals surface area contributed by atoms with Crippen molar-refractivity contribution in [1.29, 1.82) is 0 Å². The molecule has 1 aliphatic heterocycles. The number of benzene rings is 2. The van der Waals surface area contributed by atoms with Crippen LogP contribution in [-0.4, -0.2) is 57.0 Å². The number of nitrogens with zero attached hydrogens (tertiary/aromatic N) is 4. The highest BCUT2D eigenvalue weighted by molar-refractivity contribution is 6.30. The van der Waals surface area contributed by atoms with Crippen molar-refractivity contribution in [1.82, 2.24) is 25.0 Å². The predicted molar refractivity (Wildman–Crippen MR) is 170 cm³/mol. The Hall–Kier alpha value is -4.39. The summed E-state index contributed by atoms with van der Waals surface area (Å²) in [6.07, 6.45) is 5.95. The molecule has 1 saturated heterocycles. The second-order valence-corrected chi connectivity index (χ2v) is 13.1. The van der Waals surface area contributed by atoms with Gasteiger partial charge in [0.2, 0.25) is 5.91 Å². The van der Waals surface area contributed by atoms with E-state index >= 15 is 0 Å². The lowest BCUT2D eigenvalue weighted by atomic mass is 9.63. The average molecular weight is 686 g/mol. The van der Waals surface area contributed by atoms with Gasteiger partial charge < -0.3 is 19.4 Å². The number of ether oxygens (including phenoxy) is 1. The van der Waals surface area contributed by atoms with Gasteiger partial charge in [-0.1, -0.05) is 43.0 Å². The average Bonchev–Trinajstić information content (AvgIpc) is 3.58. The Morgan fingerprint density at radius 1 is 1.06 bits per heavy atom. The Kier molecular flexibility index (Phi) is 9.77. The van der Waals surface area contributed by atoms with Crippen molar-refractivity contribution in [3.8, 4) is 5.75 Å². The van der Waals surface area contributed by atoms with Crippen molar-refractivity contribution in [2.24, 2.45) is 11.3 Å². The molecular formula is C34H35ClF3N5O5. The summed E-state index contributed by atoms with van der Waals surface area (Å²) in [6.45, 7) is 1.74. The van der Waals surface area contributed by atoms with Gasteiger partial charge in [-0.3, -0.25) is 19.1 Å². The number of alkyl halides is 3. The molecule has 1 N–H and O–H groups in total. The number of carbonyl (C=O) groups excluding carboxylic acids is 2. The van der Waals surface area contributed by atoms with Gasteiger partial charge in [0.1, 0.15) is 30.0 Å². The van der Waals surface area contributed by atoms with Gasteiger partial charge in [-0.25, -0.2) is 4.98 Å². The highest BCUT2D eigenvalue weighted by Crippen LogP contribution is 2.47. The minimum absolute atomic E-state index is 0.0284. The number of rotatable bonds is 9. The van der Waals surface area contributed by atoms with Gasteiger partial charge in [-0.2, -0.15) is 5.10 Å². The van der Waals surface area contributed by atoms with Gasteiger partial charge >= 0.3 is 6.36 Å². The minimum atomic E-state index is -4.94. The highest BCUT2D eigenvalue weighted by atomic mass is 35.5. The quantitative estimate of drug-likeness (QED) is 0.224. The SMILES string of the molecule is O=C(N[C@H](Cc1ccc(Cl)cc1)C(=O)N1CCC(Cn2cncn2)(C2CCCCC2)CC1)c1cc(=O)c2cc(OC(F)(F)F)ccc2o1. The molecule has 3 heterocycles. The van der Waals surface area contributed by atoms with E-state index in [2.05, 4.69) is 20.1 Å². The van der Waals surface area contributed by atoms with E-state index in [9.17, 15) is 27.6 Å². The molecule has 2 aliphatic rings. The topological polar surface area (TPSA) is 120 Å². The number of likely N-dealkylation sites (tertiary alicyclic amines) is 1. The van der Waals surface area contributed by atoms with Crippen molar-refractivity contribution >= 4 is 34.4 Å². The number of hydrogen-bond donors (Lipinski definition) is 1. The molecule has 10 nitrogen and oxygen atoms in total. The van der Waals surface area contributed by atoms with Crippen LogP contribution in [0.3, 0.4) is 0 Å². The van der Waals surface area contributed by atoms with Crippen LogP contribution >= 0.6 is 11.6 Å². The maximum Gasteiger partial charge on any atom is 0.573 e. The van der Waals surface area contributed by atoms with Crippen LogP contribution in [0.1, 0.15) is 61.1 Å². The summed E-state index contributed by atoms with van der Waals surface area (Å²) >= 11 is 6.08. The largest absolute Gasteiger partial charge is 0.573 e. The molecule has 1 aliphatic carbocycles. The summed E-state index contributed by atoms with van der Waals surface area (Å²) < 4.78 is 49.5. The Balaban J connectivity index is 1.22. The maximum atomic E-state index is 14.1. The van der Waals surface area contributed by atoms with E-state index in [4.69, 9.17) is 16.0 Å². The zero-order valence-electron chi connectivity index (χ0n) is 26.0. The van der Waals surface area contributed by atoms with Gasteiger partial charge in [-0.05, 0) is 72.9 Å². The molecule has 0 bridgehead atoms. The molecule has 254 valence electrons. The Morgan fingerprint density at radius 2 is 1.79 bits per heavy atom. The summed E-state index contributed by atoms with van der Waals surface area (Å²) in [5.41, 5.74) is -0.114. The lowest BCUT2D eigenvalue weighted by molar-refractivity contribution is -0.274. The second-order valence-electron chi connectivity index (χ2n) is 12.7. The molecule has 0 radical (unpaired) electrons. The van der Waals surface area contributed by atoms with Crippen LogP contribution in [-0.2, 0) is 17.8 Å². The Labute approximate surface area is 279 Å². The van der Waals surface area contributed by atoms with Gasteiger partial charge in [0.15, 0.2) is 11.2 Å². The van der Waals surface area contributed by atoms with Crippen LogP contribution in [0.25, 0.3) is 11.0 Å². The first kappa shape index (κ1) is 33.5. The van der Waals surface area contributed by atoms with E-state index in [-0.39, 0.29) is 34.5 Å². The Bertz CT molecular complexity index is 1800. The molecule has 48 heavy (non-hydrogen) atoms. The normalized spacial score (nSPS) is 17.6. The van der Waals surface area contributed by atoms with E-state index in [0.717, 1.165) is 62.1 Å². The second kappa shape index (κ2) is 14.0. The molecule has 0 unspecified atom stereocenters. The lowest BCUT2D eigenvalue weighted by Gasteiger charge is -2.48. The summed E-state index contributed by atoms with van der Waals surface area (Å²) in [7, 11) is 0. The molecule has 6 rings (SSSR count). The molecule has 1 saturated carbocycles. The minimum Gasteiger partial charge on any atom is -0.451 e. The molecule has 4 aromatic rings. The first-order valence-electron chi connectivity index (χ1n) is 16.0. The van der Waals surface area contributed by atoms with Gasteiger partial charge in [0.25, 0.3) is 5.91 Å². The maximum absolute atomic E-state index is 14.1. The van der Waals surface area contributed by atoms with Crippen LogP contribution < -0.4 is 15.5 Å². The van der Waals surface area contributed by atoms with Gasteiger partial charge in [0, 0.05) is 37.1 Å². The van der Waals surface area contributed by atoms with E-state index in [1.165, 1.54) is 25.6 Å². The number of hydrogen-bond acceptors (Lipinski definition) is 7. The molecule has 2 fully saturated rings. The number of carbonyl (C=O) groups is 2. The molecule has 14 heteroatoms. The summed E-state index contributed by atoms with van der Waals surface area (Å²) in [5.74, 6) is -1.54.